The number of benzene rings is 3. The quantitative estimate of drug-likeness (QED) is 0.317. The first-order valence-electron chi connectivity index (χ1n) is 9.85. The lowest BCUT2D eigenvalue weighted by Gasteiger charge is -2.12. The minimum atomic E-state index is -0.994. The number of aliphatic hydroxyl groups is 1. The number of rotatable bonds is 11. The molecule has 0 fully saturated rings. The summed E-state index contributed by atoms with van der Waals surface area (Å²) >= 11 is 7.59. The minimum absolute atomic E-state index is 0. The second kappa shape index (κ2) is 13.4. The normalized spacial score (nSPS) is 11.4. The molecule has 0 aromatic heterocycles. The first-order chi connectivity index (χ1) is 15.0. The Morgan fingerprint density at radius 3 is 2.31 bits per heavy atom. The van der Waals surface area contributed by atoms with Crippen LogP contribution in [0.15, 0.2) is 82.6 Å². The fourth-order valence-electron chi connectivity index (χ4n) is 2.91. The van der Waals surface area contributed by atoms with Gasteiger partial charge in [-0.3, -0.25) is 0 Å². The second-order valence-corrected chi connectivity index (χ2v) is 8.51. The molecule has 0 amide bonds. The van der Waals surface area contributed by atoms with E-state index in [9.17, 15) is 9.90 Å². The number of ether oxygens (including phenoxy) is 1. The van der Waals surface area contributed by atoms with Crippen molar-refractivity contribution < 1.29 is 19.7 Å². The van der Waals surface area contributed by atoms with E-state index in [4.69, 9.17) is 21.4 Å². The van der Waals surface area contributed by atoms with E-state index in [0.29, 0.717) is 17.3 Å². The molecule has 0 saturated heterocycles. The fourth-order valence-corrected chi connectivity index (χ4v) is 3.93. The summed E-state index contributed by atoms with van der Waals surface area (Å²) in [6.07, 6.45) is 0.279. The van der Waals surface area contributed by atoms with Gasteiger partial charge in [0.1, 0.15) is 5.75 Å². The molecule has 0 saturated carbocycles. The van der Waals surface area contributed by atoms with Crippen molar-refractivity contribution in [2.24, 2.45) is 0 Å². The number of hydrogen-bond donors (Lipinski definition) is 3. The first kappa shape index (κ1) is 26.0. The van der Waals surface area contributed by atoms with Crippen LogP contribution >= 0.6 is 35.8 Å². The summed E-state index contributed by atoms with van der Waals surface area (Å²) < 4.78 is 5.14. The van der Waals surface area contributed by atoms with Crippen molar-refractivity contribution in [1.82, 2.24) is 5.32 Å². The van der Waals surface area contributed by atoms with Crippen LogP contribution in [0.4, 0.5) is 0 Å². The Kier molecular flexibility index (Phi) is 10.9. The number of nitrogens with one attached hydrogen (secondary N) is 1. The Bertz CT molecular complexity index is 984. The fraction of sp³-hybridized carbons (Fsp3) is 0.208. The molecule has 0 radical (unpaired) electrons. The molecule has 3 aromatic rings. The second-order valence-electron chi connectivity index (χ2n) is 6.92. The van der Waals surface area contributed by atoms with E-state index in [1.54, 1.807) is 36.0 Å². The highest BCUT2D eigenvalue weighted by Crippen LogP contribution is 2.29. The van der Waals surface area contributed by atoms with Crippen molar-refractivity contribution in [1.29, 1.82) is 0 Å². The van der Waals surface area contributed by atoms with Gasteiger partial charge < -0.3 is 20.3 Å². The molecule has 3 rings (SSSR count). The zero-order valence-electron chi connectivity index (χ0n) is 17.2. The van der Waals surface area contributed by atoms with Gasteiger partial charge in [-0.2, -0.15) is 0 Å². The molecule has 5 nitrogen and oxygen atoms in total. The minimum Gasteiger partial charge on any atom is -0.482 e. The average Bonchev–Trinajstić information content (AvgIpc) is 2.77. The van der Waals surface area contributed by atoms with Gasteiger partial charge in [0, 0.05) is 21.4 Å². The predicted octanol–water partition coefficient (Wildman–Crippen LogP) is 5.24. The molecular formula is C24H25Cl2NO4S. The third-order valence-electron chi connectivity index (χ3n) is 4.51. The third kappa shape index (κ3) is 8.73. The van der Waals surface area contributed by atoms with Crippen molar-refractivity contribution in [3.63, 3.8) is 0 Å². The Hall–Kier alpha value is -2.22. The van der Waals surface area contributed by atoms with Gasteiger partial charge in [-0.05, 0) is 72.6 Å². The number of hydrogen-bond acceptors (Lipinski definition) is 5. The predicted molar refractivity (Wildman–Crippen MR) is 130 cm³/mol. The maximum Gasteiger partial charge on any atom is 0.341 e. The molecule has 0 unspecified atom stereocenters. The molecule has 0 aliphatic heterocycles. The lowest BCUT2D eigenvalue weighted by atomic mass is 10.1. The molecular weight excluding hydrogens is 469 g/mol. The Morgan fingerprint density at radius 2 is 1.69 bits per heavy atom. The summed E-state index contributed by atoms with van der Waals surface area (Å²) in [6.45, 7) is 0.894. The molecule has 0 aliphatic carbocycles. The van der Waals surface area contributed by atoms with Gasteiger partial charge in [0.25, 0.3) is 0 Å². The highest BCUT2D eigenvalue weighted by Gasteiger charge is 2.07. The van der Waals surface area contributed by atoms with E-state index in [1.807, 2.05) is 24.3 Å². The van der Waals surface area contributed by atoms with Crippen LogP contribution in [0.5, 0.6) is 5.75 Å². The van der Waals surface area contributed by atoms with E-state index in [0.717, 1.165) is 28.3 Å². The lowest BCUT2D eigenvalue weighted by molar-refractivity contribution is -0.139. The SMILES string of the molecule is Cl.O=C(O)COc1ccc(Sc2ccc(CCNC[C@@H](O)c3cccc(Cl)c3)cc2)cc1. The van der Waals surface area contributed by atoms with Crippen LogP contribution < -0.4 is 10.1 Å². The van der Waals surface area contributed by atoms with Crippen LogP contribution in [-0.2, 0) is 11.2 Å². The van der Waals surface area contributed by atoms with Crippen molar-refractivity contribution in [3.8, 4) is 5.75 Å². The summed E-state index contributed by atoms with van der Waals surface area (Å²) in [4.78, 5) is 12.7. The first-order valence-corrected chi connectivity index (χ1v) is 11.0. The van der Waals surface area contributed by atoms with Gasteiger partial charge in [0.05, 0.1) is 6.10 Å². The standard InChI is InChI=1S/C24H24ClNO4S.ClH/c25-19-3-1-2-18(14-19)23(27)15-26-13-12-17-4-8-21(9-5-17)31-22-10-6-20(7-11-22)30-16-24(28)29;/h1-11,14,23,26-27H,12-13,15-16H2,(H,28,29);1H/t23-;/m1./s1. The van der Waals surface area contributed by atoms with Crippen molar-refractivity contribution in [2.75, 3.05) is 19.7 Å². The average molecular weight is 494 g/mol. The molecule has 32 heavy (non-hydrogen) atoms. The van der Waals surface area contributed by atoms with Crippen molar-refractivity contribution >= 4 is 41.7 Å². The molecule has 3 N–H and O–H groups in total. The van der Waals surface area contributed by atoms with Gasteiger partial charge >= 0.3 is 5.97 Å². The molecule has 0 spiro atoms. The van der Waals surface area contributed by atoms with E-state index in [1.165, 1.54) is 5.56 Å². The van der Waals surface area contributed by atoms with Crippen molar-refractivity contribution in [2.45, 2.75) is 22.3 Å². The van der Waals surface area contributed by atoms with Crippen LogP contribution in [0.25, 0.3) is 0 Å². The van der Waals surface area contributed by atoms with Gasteiger partial charge in [-0.25, -0.2) is 4.79 Å². The van der Waals surface area contributed by atoms with Crippen LogP contribution in [0.3, 0.4) is 0 Å². The molecule has 1 atom stereocenters. The molecule has 0 aliphatic rings. The number of aliphatic hydroxyl groups excluding tert-OH is 1. The molecule has 8 heteroatoms. The number of carboxylic acid groups (broad SMARTS) is 1. The number of carbonyl (C=O) groups is 1. The topological polar surface area (TPSA) is 78.8 Å². The summed E-state index contributed by atoms with van der Waals surface area (Å²) in [5.74, 6) is -0.457. The van der Waals surface area contributed by atoms with E-state index in [2.05, 4.69) is 29.6 Å². The Morgan fingerprint density at radius 1 is 1.03 bits per heavy atom. The highest BCUT2D eigenvalue weighted by molar-refractivity contribution is 7.99. The van der Waals surface area contributed by atoms with E-state index >= 15 is 0 Å². The van der Waals surface area contributed by atoms with Crippen molar-refractivity contribution in [3.05, 3.63) is 88.9 Å². The van der Waals surface area contributed by atoms with E-state index < -0.39 is 12.1 Å². The van der Waals surface area contributed by atoms with Crippen LogP contribution in [0, 0.1) is 0 Å². The smallest absolute Gasteiger partial charge is 0.341 e. The Labute approximate surface area is 203 Å². The van der Waals surface area contributed by atoms with Gasteiger partial charge in [0.15, 0.2) is 6.61 Å². The summed E-state index contributed by atoms with van der Waals surface area (Å²) in [7, 11) is 0. The Balaban J connectivity index is 0.00000363. The van der Waals surface area contributed by atoms with Gasteiger partial charge in [0.2, 0.25) is 0 Å². The summed E-state index contributed by atoms with van der Waals surface area (Å²) in [5.41, 5.74) is 2.02. The zero-order valence-corrected chi connectivity index (χ0v) is 19.6. The molecule has 0 heterocycles. The highest BCUT2D eigenvalue weighted by atomic mass is 35.5. The largest absolute Gasteiger partial charge is 0.482 e. The van der Waals surface area contributed by atoms with Crippen LogP contribution in [0.2, 0.25) is 5.02 Å². The summed E-state index contributed by atoms with van der Waals surface area (Å²) in [6, 6.07) is 23.0. The summed E-state index contributed by atoms with van der Waals surface area (Å²) in [5, 5.41) is 22.8. The maximum atomic E-state index is 10.5. The number of aliphatic carboxylic acids is 1. The number of carboxylic acids is 1. The molecule has 3 aromatic carbocycles. The maximum absolute atomic E-state index is 10.5. The number of halogens is 2. The van der Waals surface area contributed by atoms with Gasteiger partial charge in [-0.1, -0.05) is 47.6 Å². The zero-order chi connectivity index (χ0) is 22.1. The molecule has 170 valence electrons. The lowest BCUT2D eigenvalue weighted by Crippen LogP contribution is -2.23. The van der Waals surface area contributed by atoms with Crippen LogP contribution in [-0.4, -0.2) is 35.9 Å². The van der Waals surface area contributed by atoms with Crippen LogP contribution in [0.1, 0.15) is 17.2 Å². The molecule has 0 bridgehead atoms. The van der Waals surface area contributed by atoms with Gasteiger partial charge in [-0.15, -0.1) is 12.4 Å². The third-order valence-corrected chi connectivity index (χ3v) is 5.76. The van der Waals surface area contributed by atoms with E-state index in [-0.39, 0.29) is 19.0 Å². The monoisotopic (exact) mass is 493 g/mol.